The number of ketones is 2. The van der Waals surface area contributed by atoms with Gasteiger partial charge in [0.25, 0.3) is 5.92 Å². The van der Waals surface area contributed by atoms with E-state index < -0.39 is 23.6 Å². The molecule has 1 aromatic carbocycles. The SMILES string of the molecule is CC(F)(F)C1CC2=C(O1)C(=O)c1ccccc1C2=O. The molecule has 0 saturated heterocycles. The monoisotopic (exact) mass is 264 g/mol. The number of fused-ring (bicyclic) bond motifs is 1. The second-order valence-electron chi connectivity index (χ2n) is 4.78. The minimum Gasteiger partial charge on any atom is -0.479 e. The fourth-order valence-electron chi connectivity index (χ4n) is 2.37. The number of allylic oxidation sites excluding steroid dienone is 1. The largest absolute Gasteiger partial charge is 0.479 e. The number of carbonyl (C=O) groups is 2. The summed E-state index contributed by atoms with van der Waals surface area (Å²) in [4.78, 5) is 24.3. The normalized spacial score (nSPS) is 22.2. The van der Waals surface area contributed by atoms with E-state index in [9.17, 15) is 18.4 Å². The van der Waals surface area contributed by atoms with Crippen molar-refractivity contribution in [2.45, 2.75) is 25.4 Å². The first-order valence-electron chi connectivity index (χ1n) is 5.85. The number of Topliss-reactive ketones (excluding diaryl/α,β-unsaturated/α-hetero) is 2. The molecule has 1 unspecified atom stereocenters. The van der Waals surface area contributed by atoms with Gasteiger partial charge >= 0.3 is 0 Å². The van der Waals surface area contributed by atoms with Gasteiger partial charge in [-0.25, -0.2) is 8.78 Å². The zero-order chi connectivity index (χ0) is 13.8. The third-order valence-corrected chi connectivity index (χ3v) is 3.39. The lowest BCUT2D eigenvalue weighted by molar-refractivity contribution is -0.0925. The van der Waals surface area contributed by atoms with E-state index >= 15 is 0 Å². The maximum atomic E-state index is 13.3. The third-order valence-electron chi connectivity index (χ3n) is 3.39. The van der Waals surface area contributed by atoms with Gasteiger partial charge in [-0.1, -0.05) is 24.3 Å². The highest BCUT2D eigenvalue weighted by molar-refractivity contribution is 6.26. The lowest BCUT2D eigenvalue weighted by Gasteiger charge is -2.19. The van der Waals surface area contributed by atoms with Gasteiger partial charge in [0.15, 0.2) is 17.6 Å². The molecule has 98 valence electrons. The van der Waals surface area contributed by atoms with Gasteiger partial charge in [-0.05, 0) is 0 Å². The van der Waals surface area contributed by atoms with Crippen LogP contribution in [0.4, 0.5) is 8.78 Å². The highest BCUT2D eigenvalue weighted by atomic mass is 19.3. The van der Waals surface area contributed by atoms with E-state index in [1.54, 1.807) is 12.1 Å². The van der Waals surface area contributed by atoms with Crippen LogP contribution in [-0.2, 0) is 4.74 Å². The van der Waals surface area contributed by atoms with E-state index in [0.717, 1.165) is 6.92 Å². The molecular formula is C14H10F2O3. The van der Waals surface area contributed by atoms with Crippen LogP contribution in [0.15, 0.2) is 35.6 Å². The summed E-state index contributed by atoms with van der Waals surface area (Å²) < 4.78 is 31.6. The fourth-order valence-corrected chi connectivity index (χ4v) is 2.37. The fraction of sp³-hybridized carbons (Fsp3) is 0.286. The minimum absolute atomic E-state index is 0.0650. The molecule has 3 nitrogen and oxygen atoms in total. The van der Waals surface area contributed by atoms with Crippen molar-refractivity contribution < 1.29 is 23.1 Å². The minimum atomic E-state index is -3.09. The van der Waals surface area contributed by atoms with Crippen LogP contribution in [0.2, 0.25) is 0 Å². The quantitative estimate of drug-likeness (QED) is 0.783. The van der Waals surface area contributed by atoms with Crippen molar-refractivity contribution in [1.82, 2.24) is 0 Å². The van der Waals surface area contributed by atoms with Crippen LogP contribution in [0.1, 0.15) is 34.1 Å². The van der Waals surface area contributed by atoms with Gasteiger partial charge in [0, 0.05) is 24.5 Å². The molecule has 0 fully saturated rings. The van der Waals surface area contributed by atoms with E-state index in [-0.39, 0.29) is 28.9 Å². The number of halogens is 2. The highest BCUT2D eigenvalue weighted by Crippen LogP contribution is 2.40. The zero-order valence-electron chi connectivity index (χ0n) is 10.1. The molecule has 3 rings (SSSR count). The summed E-state index contributed by atoms with van der Waals surface area (Å²) in [7, 11) is 0. The van der Waals surface area contributed by atoms with Gasteiger partial charge in [-0.3, -0.25) is 9.59 Å². The number of benzene rings is 1. The lowest BCUT2D eigenvalue weighted by Crippen LogP contribution is -2.30. The topological polar surface area (TPSA) is 43.4 Å². The van der Waals surface area contributed by atoms with Gasteiger partial charge < -0.3 is 4.74 Å². The van der Waals surface area contributed by atoms with Crippen LogP contribution in [-0.4, -0.2) is 23.6 Å². The maximum Gasteiger partial charge on any atom is 0.281 e. The Morgan fingerprint density at radius 1 is 1.16 bits per heavy atom. The summed E-state index contributed by atoms with van der Waals surface area (Å²) in [6, 6.07) is 6.28. The van der Waals surface area contributed by atoms with Gasteiger partial charge in [-0.2, -0.15) is 0 Å². The summed E-state index contributed by atoms with van der Waals surface area (Å²) in [6.45, 7) is 0.720. The zero-order valence-corrected chi connectivity index (χ0v) is 10.1. The van der Waals surface area contributed by atoms with Crippen LogP contribution in [0, 0.1) is 0 Å². The van der Waals surface area contributed by atoms with Gasteiger partial charge in [-0.15, -0.1) is 0 Å². The van der Waals surface area contributed by atoms with E-state index in [4.69, 9.17) is 4.74 Å². The van der Waals surface area contributed by atoms with Crippen molar-refractivity contribution in [3.8, 4) is 0 Å². The number of rotatable bonds is 1. The molecule has 0 spiro atoms. The molecule has 5 heteroatoms. The van der Waals surface area contributed by atoms with E-state index in [1.807, 2.05) is 0 Å². The molecule has 0 amide bonds. The lowest BCUT2D eigenvalue weighted by atomic mass is 9.87. The Bertz CT molecular complexity index is 579. The van der Waals surface area contributed by atoms with Gasteiger partial charge in [0.1, 0.15) is 0 Å². The molecule has 1 atom stereocenters. The van der Waals surface area contributed by atoms with Crippen molar-refractivity contribution in [3.63, 3.8) is 0 Å². The first kappa shape index (κ1) is 12.0. The molecule has 1 aromatic rings. The number of carbonyl (C=O) groups excluding carboxylic acids is 2. The summed E-state index contributed by atoms with van der Waals surface area (Å²) in [5.41, 5.74) is 0.538. The second kappa shape index (κ2) is 3.73. The molecular weight excluding hydrogens is 254 g/mol. The van der Waals surface area contributed by atoms with Crippen molar-refractivity contribution in [3.05, 3.63) is 46.7 Å². The van der Waals surface area contributed by atoms with Crippen LogP contribution in [0.3, 0.4) is 0 Å². The second-order valence-corrected chi connectivity index (χ2v) is 4.78. The third kappa shape index (κ3) is 1.69. The number of alkyl halides is 2. The molecule has 1 aliphatic heterocycles. The molecule has 0 radical (unpaired) electrons. The summed E-state index contributed by atoms with van der Waals surface area (Å²) in [6.07, 6.45) is -1.67. The first-order chi connectivity index (χ1) is 8.89. The van der Waals surface area contributed by atoms with Crippen molar-refractivity contribution in [2.75, 3.05) is 0 Å². The average molecular weight is 264 g/mol. The molecule has 1 aliphatic carbocycles. The molecule has 0 aromatic heterocycles. The molecule has 19 heavy (non-hydrogen) atoms. The van der Waals surface area contributed by atoms with Gasteiger partial charge in [0.05, 0.1) is 5.57 Å². The average Bonchev–Trinajstić information content (AvgIpc) is 2.81. The predicted molar refractivity (Wildman–Crippen MR) is 62.2 cm³/mol. The van der Waals surface area contributed by atoms with Crippen molar-refractivity contribution in [1.29, 1.82) is 0 Å². The highest BCUT2D eigenvalue weighted by Gasteiger charge is 2.47. The van der Waals surface area contributed by atoms with Gasteiger partial charge in [0.2, 0.25) is 5.78 Å². The molecule has 0 N–H and O–H groups in total. The Morgan fingerprint density at radius 2 is 1.74 bits per heavy atom. The maximum absolute atomic E-state index is 13.3. The Morgan fingerprint density at radius 3 is 2.32 bits per heavy atom. The van der Waals surface area contributed by atoms with Crippen LogP contribution < -0.4 is 0 Å². The Labute approximate surface area is 107 Å². The number of ether oxygens (including phenoxy) is 1. The van der Waals surface area contributed by atoms with E-state index in [1.165, 1.54) is 12.1 Å². The van der Waals surface area contributed by atoms with Crippen LogP contribution in [0.25, 0.3) is 0 Å². The smallest absolute Gasteiger partial charge is 0.281 e. The summed E-state index contributed by atoms with van der Waals surface area (Å²) in [5, 5.41) is 0. The number of hydrogen-bond donors (Lipinski definition) is 0. The molecule has 0 bridgehead atoms. The number of hydrogen-bond acceptors (Lipinski definition) is 3. The molecule has 1 heterocycles. The Hall–Kier alpha value is -2.04. The Kier molecular flexibility index (Phi) is 2.36. The van der Waals surface area contributed by atoms with E-state index in [0.29, 0.717) is 0 Å². The first-order valence-corrected chi connectivity index (χ1v) is 5.85. The van der Waals surface area contributed by atoms with Crippen LogP contribution in [0.5, 0.6) is 0 Å². The standard InChI is InChI=1S/C14H10F2O3/c1-14(15,16)10-6-9-11(17)7-4-2-3-5-8(7)12(18)13(9)19-10/h2-5,10H,6H2,1H3. The summed E-state index contributed by atoms with van der Waals surface area (Å²) >= 11 is 0. The molecule has 0 saturated carbocycles. The van der Waals surface area contributed by atoms with Crippen molar-refractivity contribution >= 4 is 11.6 Å². The van der Waals surface area contributed by atoms with E-state index in [2.05, 4.69) is 0 Å². The summed E-state index contributed by atoms with van der Waals surface area (Å²) in [5.74, 6) is -4.19. The van der Waals surface area contributed by atoms with Crippen LogP contribution >= 0.6 is 0 Å². The molecule has 2 aliphatic rings. The Balaban J connectivity index is 2.05. The van der Waals surface area contributed by atoms with Crippen molar-refractivity contribution in [2.24, 2.45) is 0 Å². The predicted octanol–water partition coefficient (Wildman–Crippen LogP) is 2.76.